The third-order valence-corrected chi connectivity index (χ3v) is 3.57. The largest absolute Gasteiger partial charge is 0.356 e. The lowest BCUT2D eigenvalue weighted by molar-refractivity contribution is -0.118. The van der Waals surface area contributed by atoms with Crippen molar-refractivity contribution in [3.63, 3.8) is 0 Å². The van der Waals surface area contributed by atoms with E-state index in [1.165, 1.54) is 25.7 Å². The molecule has 0 fully saturated rings. The van der Waals surface area contributed by atoms with Crippen molar-refractivity contribution in [2.45, 2.75) is 52.5 Å². The Kier molecular flexibility index (Phi) is 12.1. The first-order valence-electron chi connectivity index (χ1n) is 6.78. The SMILES string of the molecule is CCCNC(C)CCCCSCC(=O)NCC. The van der Waals surface area contributed by atoms with Gasteiger partial charge in [0.15, 0.2) is 0 Å². The summed E-state index contributed by atoms with van der Waals surface area (Å²) >= 11 is 1.74. The molecule has 0 aliphatic carbocycles. The van der Waals surface area contributed by atoms with E-state index < -0.39 is 0 Å². The number of nitrogens with one attached hydrogen (secondary N) is 2. The average molecular weight is 260 g/mol. The van der Waals surface area contributed by atoms with Crippen LogP contribution >= 0.6 is 11.8 Å². The Morgan fingerprint density at radius 2 is 2.06 bits per heavy atom. The van der Waals surface area contributed by atoms with Crippen LogP contribution in [-0.2, 0) is 4.79 Å². The van der Waals surface area contributed by atoms with Crippen LogP contribution in [0.2, 0.25) is 0 Å². The van der Waals surface area contributed by atoms with Crippen molar-refractivity contribution in [1.29, 1.82) is 0 Å². The molecule has 0 radical (unpaired) electrons. The molecule has 0 aliphatic heterocycles. The van der Waals surface area contributed by atoms with Crippen LogP contribution in [0, 0.1) is 0 Å². The van der Waals surface area contributed by atoms with Gasteiger partial charge in [-0.25, -0.2) is 0 Å². The molecule has 0 rings (SSSR count). The fourth-order valence-corrected chi connectivity index (χ4v) is 2.40. The molecule has 0 aromatic carbocycles. The Hall–Kier alpha value is -0.220. The maximum Gasteiger partial charge on any atom is 0.229 e. The molecule has 0 bridgehead atoms. The minimum atomic E-state index is 0.162. The second-order valence-electron chi connectivity index (χ2n) is 4.36. The fraction of sp³-hybridized carbons (Fsp3) is 0.923. The van der Waals surface area contributed by atoms with Crippen LogP contribution in [0.5, 0.6) is 0 Å². The van der Waals surface area contributed by atoms with Gasteiger partial charge >= 0.3 is 0 Å². The number of carbonyl (C=O) groups excluding carboxylic acids is 1. The monoisotopic (exact) mass is 260 g/mol. The normalized spacial score (nSPS) is 12.4. The number of thioether (sulfide) groups is 1. The van der Waals surface area contributed by atoms with Crippen molar-refractivity contribution in [2.75, 3.05) is 24.6 Å². The van der Waals surface area contributed by atoms with Crippen molar-refractivity contribution in [3.05, 3.63) is 0 Å². The smallest absolute Gasteiger partial charge is 0.229 e. The molecule has 0 spiro atoms. The molecule has 1 atom stereocenters. The van der Waals surface area contributed by atoms with E-state index in [9.17, 15) is 4.79 Å². The molecule has 0 saturated heterocycles. The number of hydrogen-bond donors (Lipinski definition) is 2. The summed E-state index contributed by atoms with van der Waals surface area (Å²) in [5.74, 6) is 1.87. The second-order valence-corrected chi connectivity index (χ2v) is 5.46. The maximum atomic E-state index is 11.2. The molecule has 3 nitrogen and oxygen atoms in total. The van der Waals surface area contributed by atoms with Gasteiger partial charge < -0.3 is 10.6 Å². The van der Waals surface area contributed by atoms with Gasteiger partial charge in [-0.05, 0) is 45.4 Å². The lowest BCUT2D eigenvalue weighted by atomic mass is 10.1. The number of unbranched alkanes of at least 4 members (excludes halogenated alkanes) is 1. The summed E-state index contributed by atoms with van der Waals surface area (Å²) in [6, 6.07) is 0.628. The minimum absolute atomic E-state index is 0.162. The molecule has 0 aromatic rings. The summed E-state index contributed by atoms with van der Waals surface area (Å²) in [5.41, 5.74) is 0. The first-order chi connectivity index (χ1) is 8.20. The topological polar surface area (TPSA) is 41.1 Å². The highest BCUT2D eigenvalue weighted by molar-refractivity contribution is 7.99. The van der Waals surface area contributed by atoms with Crippen LogP contribution in [0.4, 0.5) is 0 Å². The Morgan fingerprint density at radius 1 is 1.29 bits per heavy atom. The van der Waals surface area contributed by atoms with Crippen LogP contribution in [0.3, 0.4) is 0 Å². The van der Waals surface area contributed by atoms with E-state index >= 15 is 0 Å². The molecule has 0 saturated carbocycles. The predicted octanol–water partition coefficient (Wildman–Crippen LogP) is 2.41. The molecule has 1 unspecified atom stereocenters. The van der Waals surface area contributed by atoms with Crippen LogP contribution in [0.1, 0.15) is 46.5 Å². The van der Waals surface area contributed by atoms with Crippen molar-refractivity contribution in [1.82, 2.24) is 10.6 Å². The standard InChI is InChI=1S/C13H28N2OS/c1-4-9-15-12(3)8-6-7-10-17-11-13(16)14-5-2/h12,15H,4-11H2,1-3H3,(H,14,16). The molecule has 17 heavy (non-hydrogen) atoms. The van der Waals surface area contributed by atoms with E-state index in [4.69, 9.17) is 0 Å². The summed E-state index contributed by atoms with van der Waals surface area (Å²) in [7, 11) is 0. The van der Waals surface area contributed by atoms with E-state index in [-0.39, 0.29) is 5.91 Å². The van der Waals surface area contributed by atoms with Gasteiger partial charge in [-0.3, -0.25) is 4.79 Å². The van der Waals surface area contributed by atoms with Gasteiger partial charge in [-0.1, -0.05) is 13.3 Å². The Labute approximate surface area is 111 Å². The minimum Gasteiger partial charge on any atom is -0.356 e. The third kappa shape index (κ3) is 12.0. The summed E-state index contributed by atoms with van der Waals surface area (Å²) in [5, 5.41) is 6.30. The van der Waals surface area contributed by atoms with E-state index in [2.05, 4.69) is 24.5 Å². The molecule has 102 valence electrons. The highest BCUT2D eigenvalue weighted by Crippen LogP contribution is 2.07. The quantitative estimate of drug-likeness (QED) is 0.561. The number of amides is 1. The van der Waals surface area contributed by atoms with Crippen LogP contribution in [0.25, 0.3) is 0 Å². The molecule has 2 N–H and O–H groups in total. The summed E-state index contributed by atoms with van der Waals surface area (Å²) in [6.45, 7) is 8.25. The van der Waals surface area contributed by atoms with E-state index in [0.29, 0.717) is 11.8 Å². The molecule has 1 amide bonds. The lowest BCUT2D eigenvalue weighted by Gasteiger charge is -2.12. The van der Waals surface area contributed by atoms with E-state index in [0.717, 1.165) is 18.8 Å². The molecule has 0 heterocycles. The van der Waals surface area contributed by atoms with Crippen molar-refractivity contribution in [3.8, 4) is 0 Å². The van der Waals surface area contributed by atoms with Crippen molar-refractivity contribution >= 4 is 17.7 Å². The van der Waals surface area contributed by atoms with Crippen LogP contribution < -0.4 is 10.6 Å². The van der Waals surface area contributed by atoms with Gasteiger partial charge in [-0.2, -0.15) is 11.8 Å². The van der Waals surface area contributed by atoms with E-state index in [1.54, 1.807) is 11.8 Å². The number of carbonyl (C=O) groups is 1. The number of rotatable bonds is 11. The van der Waals surface area contributed by atoms with Crippen LogP contribution in [-0.4, -0.2) is 36.5 Å². The second kappa shape index (κ2) is 12.2. The average Bonchev–Trinajstić information content (AvgIpc) is 2.31. The zero-order valence-electron chi connectivity index (χ0n) is 11.6. The van der Waals surface area contributed by atoms with E-state index in [1.807, 2.05) is 6.92 Å². The van der Waals surface area contributed by atoms with Gasteiger partial charge in [0, 0.05) is 12.6 Å². The summed E-state index contributed by atoms with van der Waals surface area (Å²) in [4.78, 5) is 11.2. The van der Waals surface area contributed by atoms with Crippen molar-refractivity contribution < 1.29 is 4.79 Å². The summed E-state index contributed by atoms with van der Waals surface area (Å²) < 4.78 is 0. The molecule has 4 heteroatoms. The van der Waals surface area contributed by atoms with Gasteiger partial charge in [0.05, 0.1) is 5.75 Å². The zero-order chi connectivity index (χ0) is 12.9. The molecule has 0 aliphatic rings. The number of hydrogen-bond acceptors (Lipinski definition) is 3. The molecular weight excluding hydrogens is 232 g/mol. The van der Waals surface area contributed by atoms with Crippen molar-refractivity contribution in [2.24, 2.45) is 0 Å². The third-order valence-electron chi connectivity index (χ3n) is 2.53. The molecule has 0 aromatic heterocycles. The predicted molar refractivity (Wildman–Crippen MR) is 77.6 cm³/mol. The highest BCUT2D eigenvalue weighted by Gasteiger charge is 2.01. The van der Waals surface area contributed by atoms with Gasteiger partial charge in [0.2, 0.25) is 5.91 Å². The van der Waals surface area contributed by atoms with Gasteiger partial charge in [0.25, 0.3) is 0 Å². The maximum absolute atomic E-state index is 11.2. The Balaban J connectivity index is 3.20. The zero-order valence-corrected chi connectivity index (χ0v) is 12.4. The van der Waals surface area contributed by atoms with Gasteiger partial charge in [0.1, 0.15) is 0 Å². The lowest BCUT2D eigenvalue weighted by Crippen LogP contribution is -2.26. The Morgan fingerprint density at radius 3 is 2.71 bits per heavy atom. The Bertz CT molecular complexity index is 188. The fourth-order valence-electron chi connectivity index (χ4n) is 1.56. The van der Waals surface area contributed by atoms with Crippen LogP contribution in [0.15, 0.2) is 0 Å². The first kappa shape index (κ1) is 16.8. The first-order valence-corrected chi connectivity index (χ1v) is 7.94. The highest BCUT2D eigenvalue weighted by atomic mass is 32.2. The summed E-state index contributed by atoms with van der Waals surface area (Å²) in [6.07, 6.45) is 4.90. The molecular formula is C13H28N2OS. The van der Waals surface area contributed by atoms with Gasteiger partial charge in [-0.15, -0.1) is 0 Å².